The summed E-state index contributed by atoms with van der Waals surface area (Å²) in [4.78, 5) is 13.1. The fourth-order valence-corrected chi connectivity index (χ4v) is 4.94. The average Bonchev–Trinajstić information content (AvgIpc) is 3.38. The van der Waals surface area contributed by atoms with Crippen LogP contribution in [0, 0.1) is 18.8 Å². The Bertz CT molecular complexity index is 968. The van der Waals surface area contributed by atoms with E-state index in [4.69, 9.17) is 4.42 Å². The van der Waals surface area contributed by atoms with Crippen LogP contribution in [0.3, 0.4) is 0 Å². The highest BCUT2D eigenvalue weighted by Gasteiger charge is 2.40. The van der Waals surface area contributed by atoms with Crippen molar-refractivity contribution in [2.75, 3.05) is 0 Å². The Labute approximate surface area is 153 Å². The predicted molar refractivity (Wildman–Crippen MR) is 101 cm³/mol. The maximum absolute atomic E-state index is 13.1. The fourth-order valence-electron chi connectivity index (χ4n) is 4.94. The number of aromatic nitrogens is 1. The second-order valence-electron chi connectivity index (χ2n) is 7.98. The molecule has 1 N–H and O–H groups in total. The lowest BCUT2D eigenvalue weighted by molar-refractivity contribution is 0.0914. The van der Waals surface area contributed by atoms with Crippen molar-refractivity contribution in [2.45, 2.75) is 45.2 Å². The van der Waals surface area contributed by atoms with Crippen molar-refractivity contribution in [2.24, 2.45) is 11.8 Å². The average molecular weight is 348 g/mol. The minimum Gasteiger partial charge on any atom is -0.448 e. The van der Waals surface area contributed by atoms with Crippen LogP contribution < -0.4 is 5.32 Å². The Morgan fingerprint density at radius 2 is 2.12 bits per heavy atom. The maximum Gasteiger partial charge on any atom is 0.268 e. The van der Waals surface area contributed by atoms with Gasteiger partial charge < -0.3 is 14.3 Å². The molecule has 2 fully saturated rings. The van der Waals surface area contributed by atoms with Gasteiger partial charge >= 0.3 is 0 Å². The van der Waals surface area contributed by atoms with E-state index in [-0.39, 0.29) is 5.91 Å². The zero-order valence-corrected chi connectivity index (χ0v) is 15.1. The molecule has 1 aromatic carbocycles. The lowest BCUT2D eigenvalue weighted by Crippen LogP contribution is -2.39. The molecule has 4 nitrogen and oxygen atoms in total. The zero-order chi connectivity index (χ0) is 17.7. The Morgan fingerprint density at radius 1 is 1.23 bits per heavy atom. The molecule has 26 heavy (non-hydrogen) atoms. The van der Waals surface area contributed by atoms with E-state index in [1.807, 2.05) is 28.8 Å². The molecule has 2 saturated carbocycles. The van der Waals surface area contributed by atoms with E-state index >= 15 is 0 Å². The van der Waals surface area contributed by atoms with Crippen molar-refractivity contribution in [1.82, 2.24) is 9.88 Å². The number of amides is 1. The van der Waals surface area contributed by atoms with E-state index in [2.05, 4.69) is 24.4 Å². The topological polar surface area (TPSA) is 47.2 Å². The molecule has 134 valence electrons. The summed E-state index contributed by atoms with van der Waals surface area (Å²) in [5.74, 6) is 1.52. The van der Waals surface area contributed by atoms with Crippen LogP contribution in [0.2, 0.25) is 0 Å². The molecule has 2 aliphatic carbocycles. The number of hydrogen-bond donors (Lipinski definition) is 1. The van der Waals surface area contributed by atoms with Gasteiger partial charge in [-0.2, -0.15) is 0 Å². The largest absolute Gasteiger partial charge is 0.448 e. The molecule has 0 radical (unpaired) electrons. The van der Waals surface area contributed by atoms with E-state index in [9.17, 15) is 4.79 Å². The first kappa shape index (κ1) is 15.7. The summed E-state index contributed by atoms with van der Waals surface area (Å²) in [5, 5.41) is 4.30. The lowest BCUT2D eigenvalue weighted by atomic mass is 9.95. The van der Waals surface area contributed by atoms with Gasteiger partial charge in [0.25, 0.3) is 5.91 Å². The summed E-state index contributed by atoms with van der Waals surface area (Å²) >= 11 is 0. The molecule has 3 atom stereocenters. The quantitative estimate of drug-likeness (QED) is 0.754. The highest BCUT2D eigenvalue weighted by molar-refractivity contribution is 5.98. The number of nitrogens with zero attached hydrogens (tertiary/aromatic N) is 1. The third-order valence-electron chi connectivity index (χ3n) is 6.38. The highest BCUT2D eigenvalue weighted by atomic mass is 16.3. The molecule has 0 unspecified atom stereocenters. The van der Waals surface area contributed by atoms with Crippen LogP contribution in [0.4, 0.5) is 0 Å². The van der Waals surface area contributed by atoms with Crippen LogP contribution in [-0.4, -0.2) is 16.5 Å². The third-order valence-corrected chi connectivity index (χ3v) is 6.38. The zero-order valence-electron chi connectivity index (χ0n) is 15.1. The normalized spacial score (nSPS) is 24.4. The van der Waals surface area contributed by atoms with Crippen molar-refractivity contribution in [1.29, 1.82) is 0 Å². The number of hydrogen-bond acceptors (Lipinski definition) is 2. The minimum atomic E-state index is 0.0301. The third kappa shape index (κ3) is 2.56. The van der Waals surface area contributed by atoms with Gasteiger partial charge in [-0.25, -0.2) is 0 Å². The smallest absolute Gasteiger partial charge is 0.268 e. The summed E-state index contributed by atoms with van der Waals surface area (Å²) in [7, 11) is 0. The van der Waals surface area contributed by atoms with Crippen LogP contribution >= 0.6 is 0 Å². The number of fused-ring (bicyclic) bond motifs is 3. The van der Waals surface area contributed by atoms with Crippen molar-refractivity contribution in [3.63, 3.8) is 0 Å². The van der Waals surface area contributed by atoms with E-state index in [0.717, 1.165) is 23.4 Å². The summed E-state index contributed by atoms with van der Waals surface area (Å²) in [6.45, 7) is 2.75. The van der Waals surface area contributed by atoms with Crippen LogP contribution in [0.5, 0.6) is 0 Å². The lowest BCUT2D eigenvalue weighted by Gasteiger charge is -2.23. The van der Waals surface area contributed by atoms with Gasteiger partial charge in [-0.3, -0.25) is 4.79 Å². The molecule has 1 amide bonds. The fraction of sp³-hybridized carbons (Fsp3) is 0.409. The SMILES string of the molecule is Cc1ccccc1Cn1c(C(=O)N[C@@H]2C[C@@H]3CC[C@@H]2C3)cc2ccoc21. The van der Waals surface area contributed by atoms with Gasteiger partial charge in [-0.1, -0.05) is 30.7 Å². The van der Waals surface area contributed by atoms with Crippen molar-refractivity contribution >= 4 is 17.0 Å². The van der Waals surface area contributed by atoms with Crippen molar-refractivity contribution < 1.29 is 9.21 Å². The van der Waals surface area contributed by atoms with Crippen molar-refractivity contribution in [3.05, 3.63) is 59.5 Å². The molecular formula is C22H24N2O2. The molecule has 3 aromatic rings. The van der Waals surface area contributed by atoms with E-state index in [1.54, 1.807) is 6.26 Å². The number of rotatable bonds is 4. The maximum atomic E-state index is 13.1. The number of benzene rings is 1. The number of nitrogens with one attached hydrogen (secondary N) is 1. The Balaban J connectivity index is 1.46. The number of furan rings is 1. The van der Waals surface area contributed by atoms with E-state index in [1.165, 1.54) is 30.4 Å². The summed E-state index contributed by atoms with van der Waals surface area (Å²) in [6, 6.07) is 12.5. The molecule has 0 spiro atoms. The van der Waals surface area contributed by atoms with E-state index < -0.39 is 0 Å². The first-order chi connectivity index (χ1) is 12.7. The molecule has 0 saturated heterocycles. The second kappa shape index (κ2) is 6.04. The first-order valence-electron chi connectivity index (χ1n) is 9.61. The standard InChI is InChI=1S/C22H24N2O2/c1-14-4-2-3-5-18(14)13-24-20(12-17-8-9-26-22(17)24)21(25)23-19-11-15-6-7-16(19)10-15/h2-5,8-9,12,15-16,19H,6-7,10-11,13H2,1H3,(H,23,25)/t15-,16-,19-/m1/s1. The molecule has 4 heteroatoms. The van der Waals surface area contributed by atoms with Crippen LogP contribution in [0.15, 0.2) is 47.1 Å². The minimum absolute atomic E-state index is 0.0301. The van der Waals surface area contributed by atoms with Crippen molar-refractivity contribution in [3.8, 4) is 0 Å². The van der Waals surface area contributed by atoms with Gasteiger partial charge in [0.2, 0.25) is 5.71 Å². The Kier molecular flexibility index (Phi) is 3.66. The monoisotopic (exact) mass is 348 g/mol. The number of aryl methyl sites for hydroxylation is 1. The molecule has 2 aliphatic rings. The first-order valence-corrected chi connectivity index (χ1v) is 9.61. The molecule has 2 heterocycles. The number of carbonyl (C=O) groups excluding carboxylic acids is 1. The highest BCUT2D eigenvalue weighted by Crippen LogP contribution is 2.44. The van der Waals surface area contributed by atoms with Crippen LogP contribution in [0.25, 0.3) is 11.1 Å². The number of carbonyl (C=O) groups is 1. The molecule has 2 aromatic heterocycles. The molecule has 2 bridgehead atoms. The van der Waals surface area contributed by atoms with Gasteiger partial charge in [0.1, 0.15) is 5.69 Å². The predicted octanol–water partition coefficient (Wildman–Crippen LogP) is 4.51. The molecular weight excluding hydrogens is 324 g/mol. The van der Waals surface area contributed by atoms with Gasteiger partial charge in [-0.15, -0.1) is 0 Å². The molecule has 5 rings (SSSR count). The van der Waals surface area contributed by atoms with Gasteiger partial charge in [-0.05, 0) is 61.3 Å². The van der Waals surface area contributed by atoms with Gasteiger partial charge in [0, 0.05) is 11.4 Å². The summed E-state index contributed by atoms with van der Waals surface area (Å²) in [6.07, 6.45) is 6.73. The Morgan fingerprint density at radius 3 is 2.88 bits per heavy atom. The summed E-state index contributed by atoms with van der Waals surface area (Å²) in [5.41, 5.74) is 3.90. The molecule has 0 aliphatic heterocycles. The van der Waals surface area contributed by atoms with E-state index in [0.29, 0.717) is 24.2 Å². The summed E-state index contributed by atoms with van der Waals surface area (Å²) < 4.78 is 7.71. The van der Waals surface area contributed by atoms with Gasteiger partial charge in [0.05, 0.1) is 12.8 Å². The Hall–Kier alpha value is -2.49. The van der Waals surface area contributed by atoms with Crippen LogP contribution in [0.1, 0.15) is 47.3 Å². The van der Waals surface area contributed by atoms with Gasteiger partial charge in [0.15, 0.2) is 0 Å². The second-order valence-corrected chi connectivity index (χ2v) is 7.98. The van der Waals surface area contributed by atoms with Crippen LogP contribution in [-0.2, 0) is 6.54 Å².